The molecule has 0 aliphatic carbocycles. The minimum absolute atomic E-state index is 0.0784. The summed E-state index contributed by atoms with van der Waals surface area (Å²) in [4.78, 5) is 20.7. The van der Waals surface area contributed by atoms with E-state index in [1.165, 1.54) is 24.7 Å². The van der Waals surface area contributed by atoms with Crippen LogP contribution in [0.2, 0.25) is 5.02 Å². The Morgan fingerprint density at radius 1 is 1.19 bits per heavy atom. The number of aromatic nitrogens is 2. The Balaban J connectivity index is 1.90. The SMILES string of the molecule is O=C(Nc1ccc(Br)cc1F)C(Nc1ncncc1Cl)c1ccccc1. The highest BCUT2D eigenvalue weighted by Gasteiger charge is 2.23. The van der Waals surface area contributed by atoms with Crippen molar-refractivity contribution in [3.8, 4) is 0 Å². The van der Waals surface area contributed by atoms with Crippen LogP contribution in [0.5, 0.6) is 0 Å². The first-order valence-electron chi connectivity index (χ1n) is 7.57. The molecule has 0 spiro atoms. The zero-order valence-electron chi connectivity index (χ0n) is 13.3. The van der Waals surface area contributed by atoms with Crippen molar-refractivity contribution in [3.63, 3.8) is 0 Å². The van der Waals surface area contributed by atoms with E-state index in [1.807, 2.05) is 6.07 Å². The molecule has 3 aromatic rings. The van der Waals surface area contributed by atoms with Crippen LogP contribution >= 0.6 is 27.5 Å². The van der Waals surface area contributed by atoms with E-state index < -0.39 is 17.8 Å². The molecular weight excluding hydrogens is 423 g/mol. The quantitative estimate of drug-likeness (QED) is 0.603. The van der Waals surface area contributed by atoms with E-state index in [2.05, 4.69) is 36.5 Å². The summed E-state index contributed by atoms with van der Waals surface area (Å²) in [5.74, 6) is -0.686. The molecule has 0 saturated heterocycles. The Morgan fingerprint density at radius 2 is 1.96 bits per heavy atom. The summed E-state index contributed by atoms with van der Waals surface area (Å²) in [7, 11) is 0. The summed E-state index contributed by atoms with van der Waals surface area (Å²) in [5, 5.41) is 5.85. The average molecular weight is 436 g/mol. The number of carbonyl (C=O) groups is 1. The van der Waals surface area contributed by atoms with Crippen molar-refractivity contribution in [2.75, 3.05) is 10.6 Å². The summed E-state index contributed by atoms with van der Waals surface area (Å²) in [6.45, 7) is 0. The molecule has 0 aliphatic rings. The first kappa shape index (κ1) is 18.3. The van der Waals surface area contributed by atoms with E-state index in [1.54, 1.807) is 30.3 Å². The van der Waals surface area contributed by atoms with Gasteiger partial charge in [-0.2, -0.15) is 0 Å². The van der Waals surface area contributed by atoms with Gasteiger partial charge in [-0.1, -0.05) is 57.9 Å². The summed E-state index contributed by atoms with van der Waals surface area (Å²) in [6, 6.07) is 12.6. The molecule has 1 atom stereocenters. The number of amides is 1. The van der Waals surface area contributed by atoms with Gasteiger partial charge >= 0.3 is 0 Å². The number of hydrogen-bond acceptors (Lipinski definition) is 4. The van der Waals surface area contributed by atoms with E-state index in [4.69, 9.17) is 11.6 Å². The number of rotatable bonds is 5. The topological polar surface area (TPSA) is 66.9 Å². The van der Waals surface area contributed by atoms with Crippen molar-refractivity contribution >= 4 is 44.9 Å². The number of benzene rings is 2. The van der Waals surface area contributed by atoms with Gasteiger partial charge in [0.25, 0.3) is 5.91 Å². The Bertz CT molecular complexity index is 926. The van der Waals surface area contributed by atoms with E-state index in [0.29, 0.717) is 15.9 Å². The fourth-order valence-corrected chi connectivity index (χ4v) is 2.79. The van der Waals surface area contributed by atoms with E-state index >= 15 is 0 Å². The van der Waals surface area contributed by atoms with Crippen LogP contribution in [0.3, 0.4) is 0 Å². The molecule has 5 nitrogen and oxygen atoms in total. The van der Waals surface area contributed by atoms with Gasteiger partial charge in [0, 0.05) is 4.47 Å². The van der Waals surface area contributed by atoms with E-state index in [-0.39, 0.29) is 10.7 Å². The highest BCUT2D eigenvalue weighted by atomic mass is 79.9. The Kier molecular flexibility index (Phi) is 5.80. The monoisotopic (exact) mass is 434 g/mol. The molecule has 0 bridgehead atoms. The maximum Gasteiger partial charge on any atom is 0.251 e. The molecule has 8 heteroatoms. The molecule has 3 rings (SSSR count). The molecule has 0 saturated carbocycles. The second-order valence-electron chi connectivity index (χ2n) is 5.32. The van der Waals surface area contributed by atoms with Crippen LogP contribution in [0, 0.1) is 5.82 Å². The first-order chi connectivity index (χ1) is 12.5. The first-order valence-corrected chi connectivity index (χ1v) is 8.74. The summed E-state index contributed by atoms with van der Waals surface area (Å²) < 4.78 is 14.6. The number of anilines is 2. The lowest BCUT2D eigenvalue weighted by molar-refractivity contribution is -0.117. The molecule has 1 heterocycles. The lowest BCUT2D eigenvalue weighted by Gasteiger charge is -2.20. The van der Waals surface area contributed by atoms with Crippen LogP contribution in [-0.2, 0) is 4.79 Å². The van der Waals surface area contributed by atoms with Crippen LogP contribution in [-0.4, -0.2) is 15.9 Å². The van der Waals surface area contributed by atoms with Gasteiger partial charge in [0.15, 0.2) is 0 Å². The van der Waals surface area contributed by atoms with Crippen molar-refractivity contribution in [2.45, 2.75) is 6.04 Å². The van der Waals surface area contributed by atoms with Gasteiger partial charge in [-0.3, -0.25) is 4.79 Å². The average Bonchev–Trinajstić information content (AvgIpc) is 2.64. The Hall–Kier alpha value is -2.51. The molecule has 26 heavy (non-hydrogen) atoms. The van der Waals surface area contributed by atoms with Gasteiger partial charge in [0.1, 0.15) is 29.0 Å². The predicted molar refractivity (Wildman–Crippen MR) is 103 cm³/mol. The smallest absolute Gasteiger partial charge is 0.251 e. The number of nitrogens with zero attached hydrogens (tertiary/aromatic N) is 2. The van der Waals surface area contributed by atoms with Crippen LogP contribution in [0.25, 0.3) is 0 Å². The predicted octanol–water partition coefficient (Wildman–Crippen LogP) is 4.82. The molecule has 1 unspecified atom stereocenters. The van der Waals surface area contributed by atoms with Gasteiger partial charge in [0.05, 0.1) is 11.9 Å². The summed E-state index contributed by atoms with van der Waals surface area (Å²) in [5.41, 5.74) is 0.756. The zero-order chi connectivity index (χ0) is 18.5. The van der Waals surface area contributed by atoms with Crippen molar-refractivity contribution in [1.29, 1.82) is 0 Å². The van der Waals surface area contributed by atoms with Crippen molar-refractivity contribution in [1.82, 2.24) is 9.97 Å². The lowest BCUT2D eigenvalue weighted by atomic mass is 10.1. The Morgan fingerprint density at radius 3 is 2.65 bits per heavy atom. The highest BCUT2D eigenvalue weighted by molar-refractivity contribution is 9.10. The molecule has 1 amide bonds. The Labute approximate surface area is 162 Å². The standard InChI is InChI=1S/C18H13BrClFN4O/c19-12-6-7-15(14(21)8-12)24-18(26)16(11-4-2-1-3-5-11)25-17-13(20)9-22-10-23-17/h1-10,16H,(H,24,26)(H,22,23,25). The van der Waals surface area contributed by atoms with Crippen LogP contribution in [0.4, 0.5) is 15.9 Å². The molecule has 1 aromatic heterocycles. The van der Waals surface area contributed by atoms with Gasteiger partial charge < -0.3 is 10.6 Å². The van der Waals surface area contributed by atoms with Gasteiger partial charge in [0.2, 0.25) is 0 Å². The molecule has 0 aliphatic heterocycles. The fraction of sp³-hybridized carbons (Fsp3) is 0.0556. The number of nitrogens with one attached hydrogen (secondary N) is 2. The molecule has 132 valence electrons. The minimum Gasteiger partial charge on any atom is -0.353 e. The van der Waals surface area contributed by atoms with E-state index in [9.17, 15) is 9.18 Å². The number of halogens is 3. The lowest BCUT2D eigenvalue weighted by Crippen LogP contribution is -2.28. The number of carbonyl (C=O) groups excluding carboxylic acids is 1. The summed E-state index contributed by atoms with van der Waals surface area (Å²) in [6.07, 6.45) is 2.74. The third-order valence-electron chi connectivity index (χ3n) is 3.53. The number of hydrogen-bond donors (Lipinski definition) is 2. The molecular formula is C18H13BrClFN4O. The largest absolute Gasteiger partial charge is 0.353 e. The zero-order valence-corrected chi connectivity index (χ0v) is 15.6. The fourth-order valence-electron chi connectivity index (χ4n) is 2.30. The third-order valence-corrected chi connectivity index (χ3v) is 4.30. The van der Waals surface area contributed by atoms with Crippen LogP contribution in [0.1, 0.15) is 11.6 Å². The molecule has 0 fully saturated rings. The highest BCUT2D eigenvalue weighted by Crippen LogP contribution is 2.26. The maximum absolute atomic E-state index is 14.1. The van der Waals surface area contributed by atoms with Crippen LogP contribution < -0.4 is 10.6 Å². The normalized spacial score (nSPS) is 11.7. The minimum atomic E-state index is -0.827. The summed E-state index contributed by atoms with van der Waals surface area (Å²) >= 11 is 9.27. The second kappa shape index (κ2) is 8.25. The van der Waals surface area contributed by atoms with Crippen molar-refractivity contribution in [3.05, 3.63) is 81.9 Å². The van der Waals surface area contributed by atoms with Crippen LogP contribution in [0.15, 0.2) is 65.5 Å². The maximum atomic E-state index is 14.1. The van der Waals surface area contributed by atoms with Gasteiger partial charge in [-0.05, 0) is 23.8 Å². The third kappa shape index (κ3) is 4.36. The van der Waals surface area contributed by atoms with Gasteiger partial charge in [-0.25, -0.2) is 14.4 Å². The van der Waals surface area contributed by atoms with Crippen molar-refractivity contribution < 1.29 is 9.18 Å². The molecule has 2 aromatic carbocycles. The second-order valence-corrected chi connectivity index (χ2v) is 6.64. The molecule has 0 radical (unpaired) electrons. The molecule has 2 N–H and O–H groups in total. The van der Waals surface area contributed by atoms with Gasteiger partial charge in [-0.15, -0.1) is 0 Å². The van der Waals surface area contributed by atoms with Crippen molar-refractivity contribution in [2.24, 2.45) is 0 Å². The van der Waals surface area contributed by atoms with E-state index in [0.717, 1.165) is 0 Å².